The number of carboxylic acid groups (broad SMARTS) is 1. The zero-order valence-corrected chi connectivity index (χ0v) is 12.8. The minimum absolute atomic E-state index is 0.111. The van der Waals surface area contributed by atoms with Crippen molar-refractivity contribution in [1.29, 1.82) is 0 Å². The van der Waals surface area contributed by atoms with Crippen molar-refractivity contribution in [2.45, 2.75) is 31.7 Å². The Kier molecular flexibility index (Phi) is 3.66. The van der Waals surface area contributed by atoms with Gasteiger partial charge < -0.3 is 10.4 Å². The number of hydrogen-bond donors (Lipinski definition) is 2. The third-order valence-corrected chi connectivity index (χ3v) is 4.95. The molecule has 2 N–H and O–H groups in total. The molecule has 0 atom stereocenters. The minimum atomic E-state index is -1.15. The number of aromatic nitrogens is 2. The summed E-state index contributed by atoms with van der Waals surface area (Å²) in [5, 5.41) is 14.8. The van der Waals surface area contributed by atoms with Crippen LogP contribution in [0.4, 0.5) is 0 Å². The predicted octanol–water partition coefficient (Wildman–Crippen LogP) is 2.35. The molecule has 2 aromatic heterocycles. The van der Waals surface area contributed by atoms with E-state index in [0.717, 1.165) is 30.0 Å². The van der Waals surface area contributed by atoms with Gasteiger partial charge in [0.1, 0.15) is 16.4 Å². The predicted molar refractivity (Wildman–Crippen MR) is 81.0 cm³/mol. The van der Waals surface area contributed by atoms with Crippen LogP contribution < -0.4 is 5.32 Å². The number of carboxylic acids is 1. The lowest BCUT2D eigenvalue weighted by atomic mass is 9.77. The lowest BCUT2D eigenvalue weighted by Crippen LogP contribution is -2.51. The molecule has 0 unspecified atom stereocenters. The number of pyridine rings is 1. The minimum Gasteiger partial charge on any atom is -0.477 e. The van der Waals surface area contributed by atoms with Crippen molar-refractivity contribution < 1.29 is 14.7 Å². The maximum atomic E-state index is 12.4. The average molecular weight is 317 g/mol. The van der Waals surface area contributed by atoms with Crippen LogP contribution in [0.15, 0.2) is 23.6 Å². The molecule has 2 heterocycles. The Bertz CT molecular complexity index is 737. The summed E-state index contributed by atoms with van der Waals surface area (Å²) in [5.41, 5.74) is 0.475. The summed E-state index contributed by atoms with van der Waals surface area (Å²) in [4.78, 5) is 31.7. The van der Waals surface area contributed by atoms with Crippen LogP contribution in [-0.4, -0.2) is 27.0 Å². The highest BCUT2D eigenvalue weighted by Crippen LogP contribution is 2.42. The molecule has 22 heavy (non-hydrogen) atoms. The van der Waals surface area contributed by atoms with E-state index >= 15 is 0 Å². The second-order valence-electron chi connectivity index (χ2n) is 5.40. The van der Waals surface area contributed by atoms with E-state index in [4.69, 9.17) is 5.11 Å². The van der Waals surface area contributed by atoms with E-state index in [9.17, 15) is 9.59 Å². The van der Waals surface area contributed by atoms with E-state index in [2.05, 4.69) is 15.3 Å². The Morgan fingerprint density at radius 2 is 2.00 bits per heavy atom. The van der Waals surface area contributed by atoms with Gasteiger partial charge in [-0.25, -0.2) is 14.8 Å². The van der Waals surface area contributed by atoms with Crippen molar-refractivity contribution >= 4 is 23.2 Å². The normalized spacial score (nSPS) is 15.9. The number of aromatic carboxylic acids is 1. The first kappa shape index (κ1) is 14.6. The average Bonchev–Trinajstić information content (AvgIpc) is 2.89. The third-order valence-electron chi connectivity index (χ3n) is 3.79. The molecule has 6 nitrogen and oxygen atoms in total. The van der Waals surface area contributed by atoms with Crippen LogP contribution in [0, 0.1) is 6.92 Å². The molecular weight excluding hydrogens is 302 g/mol. The van der Waals surface area contributed by atoms with E-state index in [-0.39, 0.29) is 17.3 Å². The molecule has 0 aromatic carbocycles. The molecule has 0 spiro atoms. The maximum absolute atomic E-state index is 12.4. The molecule has 0 bridgehead atoms. The molecule has 1 saturated carbocycles. The Hall–Kier alpha value is -2.28. The molecule has 1 aliphatic carbocycles. The number of carbonyl (C=O) groups excluding carboxylic acids is 1. The highest BCUT2D eigenvalue weighted by atomic mass is 32.1. The van der Waals surface area contributed by atoms with Gasteiger partial charge in [-0.05, 0) is 38.3 Å². The Morgan fingerprint density at radius 1 is 1.27 bits per heavy atom. The molecule has 114 valence electrons. The summed E-state index contributed by atoms with van der Waals surface area (Å²) in [6.07, 6.45) is 2.70. The van der Waals surface area contributed by atoms with Crippen molar-refractivity contribution in [3.8, 4) is 0 Å². The molecule has 3 rings (SSSR count). The SMILES string of the molecule is Cc1csc(C2(NC(=O)c3cccc(C(=O)O)n3)CCC2)n1. The topological polar surface area (TPSA) is 92.2 Å². The van der Waals surface area contributed by atoms with Gasteiger partial charge >= 0.3 is 5.97 Å². The monoisotopic (exact) mass is 317 g/mol. The van der Waals surface area contributed by atoms with E-state index in [1.54, 1.807) is 0 Å². The van der Waals surface area contributed by atoms with E-state index in [1.165, 1.54) is 29.5 Å². The summed E-state index contributed by atoms with van der Waals surface area (Å²) in [6, 6.07) is 4.40. The molecule has 0 saturated heterocycles. The third kappa shape index (κ3) is 2.59. The van der Waals surface area contributed by atoms with Crippen LogP contribution in [0.1, 0.15) is 50.9 Å². The highest BCUT2D eigenvalue weighted by Gasteiger charge is 2.42. The smallest absolute Gasteiger partial charge is 0.354 e. The van der Waals surface area contributed by atoms with Crippen LogP contribution in [0.3, 0.4) is 0 Å². The zero-order valence-electron chi connectivity index (χ0n) is 12.0. The fourth-order valence-electron chi connectivity index (χ4n) is 2.46. The zero-order chi connectivity index (χ0) is 15.7. The van der Waals surface area contributed by atoms with Crippen molar-refractivity contribution in [2.75, 3.05) is 0 Å². The lowest BCUT2D eigenvalue weighted by molar-refractivity contribution is 0.0690. The van der Waals surface area contributed by atoms with Gasteiger partial charge in [-0.15, -0.1) is 11.3 Å². The molecule has 2 aromatic rings. The Morgan fingerprint density at radius 3 is 2.55 bits per heavy atom. The number of hydrogen-bond acceptors (Lipinski definition) is 5. The Balaban J connectivity index is 1.84. The van der Waals surface area contributed by atoms with Gasteiger partial charge in [0.05, 0.1) is 5.54 Å². The van der Waals surface area contributed by atoms with Crippen LogP contribution in [0.5, 0.6) is 0 Å². The molecule has 1 aliphatic rings. The summed E-state index contributed by atoms with van der Waals surface area (Å²) < 4.78 is 0. The molecule has 0 aliphatic heterocycles. The van der Waals surface area contributed by atoms with Gasteiger partial charge in [0.15, 0.2) is 0 Å². The number of aryl methyl sites for hydroxylation is 1. The van der Waals surface area contributed by atoms with Crippen molar-refractivity contribution in [3.63, 3.8) is 0 Å². The Labute approximate surface area is 131 Å². The summed E-state index contributed by atoms with van der Waals surface area (Å²) in [5.74, 6) is -1.51. The molecule has 0 radical (unpaired) electrons. The number of thiazole rings is 1. The van der Waals surface area contributed by atoms with Gasteiger partial charge in [0.2, 0.25) is 0 Å². The molecular formula is C15H15N3O3S. The van der Waals surface area contributed by atoms with Crippen LogP contribution in [-0.2, 0) is 5.54 Å². The van der Waals surface area contributed by atoms with E-state index < -0.39 is 11.5 Å². The number of nitrogens with zero attached hydrogens (tertiary/aromatic N) is 2. The van der Waals surface area contributed by atoms with Gasteiger partial charge in [0, 0.05) is 11.1 Å². The number of carbonyl (C=O) groups is 2. The number of rotatable bonds is 4. The first-order chi connectivity index (χ1) is 10.5. The lowest BCUT2D eigenvalue weighted by Gasteiger charge is -2.40. The molecule has 7 heteroatoms. The van der Waals surface area contributed by atoms with Gasteiger partial charge in [-0.3, -0.25) is 4.79 Å². The fourth-order valence-corrected chi connectivity index (χ4v) is 3.47. The number of nitrogens with one attached hydrogen (secondary N) is 1. The van der Waals surface area contributed by atoms with Crippen molar-refractivity contribution in [3.05, 3.63) is 45.7 Å². The van der Waals surface area contributed by atoms with Gasteiger partial charge in [-0.2, -0.15) is 0 Å². The second kappa shape index (κ2) is 5.49. The molecule has 1 amide bonds. The summed E-state index contributed by atoms with van der Waals surface area (Å²) in [7, 11) is 0. The summed E-state index contributed by atoms with van der Waals surface area (Å²) >= 11 is 1.54. The first-order valence-corrected chi connectivity index (χ1v) is 7.84. The fraction of sp³-hybridized carbons (Fsp3) is 0.333. The summed E-state index contributed by atoms with van der Waals surface area (Å²) in [6.45, 7) is 1.92. The first-order valence-electron chi connectivity index (χ1n) is 6.96. The van der Waals surface area contributed by atoms with Gasteiger partial charge in [0.25, 0.3) is 5.91 Å². The van der Waals surface area contributed by atoms with Crippen molar-refractivity contribution in [2.24, 2.45) is 0 Å². The van der Waals surface area contributed by atoms with E-state index in [1.807, 2.05) is 12.3 Å². The van der Waals surface area contributed by atoms with Crippen LogP contribution in [0.25, 0.3) is 0 Å². The van der Waals surface area contributed by atoms with Gasteiger partial charge in [-0.1, -0.05) is 6.07 Å². The van der Waals surface area contributed by atoms with Crippen LogP contribution in [0.2, 0.25) is 0 Å². The quantitative estimate of drug-likeness (QED) is 0.903. The van der Waals surface area contributed by atoms with E-state index in [0.29, 0.717) is 0 Å². The van der Waals surface area contributed by atoms with Crippen molar-refractivity contribution in [1.82, 2.24) is 15.3 Å². The maximum Gasteiger partial charge on any atom is 0.354 e. The largest absolute Gasteiger partial charge is 0.477 e. The second-order valence-corrected chi connectivity index (χ2v) is 6.26. The molecule has 1 fully saturated rings. The standard InChI is InChI=1S/C15H15N3O3S/c1-9-8-22-14(16-9)15(6-3-7-15)18-12(19)10-4-2-5-11(17-10)13(20)21/h2,4-5,8H,3,6-7H2,1H3,(H,18,19)(H,20,21). The number of amides is 1. The van der Waals surface area contributed by atoms with Crippen LogP contribution >= 0.6 is 11.3 Å². The highest BCUT2D eigenvalue weighted by molar-refractivity contribution is 7.09.